The van der Waals surface area contributed by atoms with Gasteiger partial charge in [-0.3, -0.25) is 29.4 Å². The van der Waals surface area contributed by atoms with Gasteiger partial charge in [0.2, 0.25) is 5.91 Å². The number of nitrogens with one attached hydrogen (secondary N) is 2. The van der Waals surface area contributed by atoms with E-state index in [1.54, 1.807) is 32.2 Å². The zero-order chi connectivity index (χ0) is 39.2. The molecule has 0 spiro atoms. The Bertz CT molecular complexity index is 1970. The van der Waals surface area contributed by atoms with Gasteiger partial charge in [0.1, 0.15) is 12.1 Å². The number of esters is 1. The molecule has 5 heterocycles. The number of amides is 2. The van der Waals surface area contributed by atoms with Gasteiger partial charge in [0.15, 0.2) is 0 Å². The molecule has 2 amide bonds. The molecule has 2 unspecified atom stereocenters. The molecule has 7 rings (SSSR count). The Morgan fingerprint density at radius 1 is 1.15 bits per heavy atom. The summed E-state index contributed by atoms with van der Waals surface area (Å²) in [5.41, 5.74) is 8.85. The normalized spacial score (nSPS) is 27.9. The molecule has 4 aliphatic rings. The second-order valence-electron chi connectivity index (χ2n) is 16.7. The lowest BCUT2D eigenvalue weighted by Gasteiger charge is -2.35. The molecule has 55 heavy (non-hydrogen) atoms. The van der Waals surface area contributed by atoms with Gasteiger partial charge < -0.3 is 24.1 Å². The Hall–Kier alpha value is -3.78. The van der Waals surface area contributed by atoms with Crippen molar-refractivity contribution < 1.29 is 28.6 Å². The fourth-order valence-corrected chi connectivity index (χ4v) is 9.50. The highest BCUT2D eigenvalue weighted by atomic mass is 32.2. The highest BCUT2D eigenvalue weighted by Gasteiger charge is 2.49. The minimum Gasteiger partial charge on any atom is -0.464 e. The number of pyridine rings is 1. The molecule has 2 fully saturated rings. The van der Waals surface area contributed by atoms with Gasteiger partial charge in [-0.15, -0.1) is 11.8 Å². The monoisotopic (exact) mass is 772 g/mol. The average Bonchev–Trinajstić information content (AvgIpc) is 3.45. The minimum absolute atomic E-state index is 0.0753. The maximum atomic E-state index is 14.2. The van der Waals surface area contributed by atoms with E-state index >= 15 is 0 Å². The number of cyclic esters (lactones) is 1. The number of ether oxygens (including phenoxy) is 3. The van der Waals surface area contributed by atoms with Crippen molar-refractivity contribution in [3.8, 4) is 11.3 Å². The summed E-state index contributed by atoms with van der Waals surface area (Å²) in [6, 6.07) is 9.07. The van der Waals surface area contributed by atoms with Crippen LogP contribution < -0.4 is 10.7 Å². The zero-order valence-electron chi connectivity index (χ0n) is 33.4. The number of aromatic nitrogens is 2. The number of carbonyl (C=O) groups excluding carboxylic acids is 3. The smallest absolute Gasteiger partial charge is 0.324 e. The summed E-state index contributed by atoms with van der Waals surface area (Å²) in [6.07, 6.45) is 3.55. The molecule has 1 aliphatic carbocycles. The number of methoxy groups -OCH3 is 2. The largest absolute Gasteiger partial charge is 0.464 e. The number of hydrazine groups is 1. The van der Waals surface area contributed by atoms with Crippen LogP contribution in [0.4, 0.5) is 0 Å². The first-order chi connectivity index (χ1) is 26.3. The molecule has 3 aromatic rings. The number of aliphatic imine (C=N–C) groups is 1. The molecule has 0 radical (unpaired) electrons. The van der Waals surface area contributed by atoms with Crippen LogP contribution in [0.25, 0.3) is 22.2 Å². The third-order valence-corrected chi connectivity index (χ3v) is 13.2. The van der Waals surface area contributed by atoms with Crippen molar-refractivity contribution in [2.45, 2.75) is 104 Å². The molecule has 1 saturated carbocycles. The van der Waals surface area contributed by atoms with Crippen LogP contribution in [-0.4, -0.2) is 88.7 Å². The molecule has 1 aromatic carbocycles. The lowest BCUT2D eigenvalue weighted by molar-refractivity contribution is -0.155. The second-order valence-corrected chi connectivity index (χ2v) is 17.8. The molecular weight excluding hydrogens is 717 g/mol. The van der Waals surface area contributed by atoms with Crippen molar-refractivity contribution in [1.82, 2.24) is 25.3 Å². The SMILES string of the molecule is CO[C@H](C)Cn1c(-c2cccnc2[C@H](C)OC)c2c3cc(ccc31)C1CSC(=N1)C[C@H](NC(=O)C1[C@@H](C)[C@H]1C)C(=O)N1CCC[C@H](N1)C(=O)OCC(C)(C)C2. The van der Waals surface area contributed by atoms with Gasteiger partial charge in [0, 0.05) is 73.5 Å². The Morgan fingerprint density at radius 3 is 2.65 bits per heavy atom. The maximum absolute atomic E-state index is 14.2. The fourth-order valence-electron chi connectivity index (χ4n) is 8.40. The van der Waals surface area contributed by atoms with Crippen LogP contribution in [0.1, 0.15) is 89.8 Å². The number of benzene rings is 1. The van der Waals surface area contributed by atoms with Crippen molar-refractivity contribution in [1.29, 1.82) is 0 Å². The van der Waals surface area contributed by atoms with E-state index in [0.717, 1.165) is 49.8 Å². The topological polar surface area (TPSA) is 136 Å². The van der Waals surface area contributed by atoms with E-state index in [2.05, 4.69) is 74.2 Å². The van der Waals surface area contributed by atoms with E-state index in [1.165, 1.54) is 5.01 Å². The molecule has 1 saturated heterocycles. The standard InChI is InChI=1S/C42H56N6O6S/c1-23(52-7)20-47-34-14-13-27-17-29(34)30(38(47)28-11-9-15-43-37(28)26(4)53-8)19-42(5,6)22-54-41(51)31-12-10-16-48(46-31)40(50)32(18-35-44-33(27)21-55-35)45-39(49)36-24(2)25(36)3/h9,11,13-15,17,23-26,31-33,36,46H,10,12,16,18-22H2,1-8H3,(H,45,49)/t23-,24-,25+,26+,31+,32+,33?,36?/m1/s1. The highest BCUT2D eigenvalue weighted by molar-refractivity contribution is 8.14. The fraction of sp³-hybridized carbons (Fsp3) is 0.595. The van der Waals surface area contributed by atoms with Crippen molar-refractivity contribution in [3.05, 3.63) is 53.3 Å². The Kier molecular flexibility index (Phi) is 11.5. The zero-order valence-corrected chi connectivity index (χ0v) is 34.2. The molecule has 12 nitrogen and oxygen atoms in total. The number of hydrogen-bond acceptors (Lipinski definition) is 10. The van der Waals surface area contributed by atoms with Gasteiger partial charge in [-0.1, -0.05) is 33.8 Å². The van der Waals surface area contributed by atoms with Crippen molar-refractivity contribution in [2.75, 3.05) is 33.1 Å². The number of nitrogens with zero attached hydrogens (tertiary/aromatic N) is 4. The lowest BCUT2D eigenvalue weighted by Crippen LogP contribution is -2.60. The number of thioether (sulfide) groups is 1. The van der Waals surface area contributed by atoms with E-state index in [0.29, 0.717) is 32.4 Å². The summed E-state index contributed by atoms with van der Waals surface area (Å²) in [6.45, 7) is 13.7. The van der Waals surface area contributed by atoms with E-state index in [-0.39, 0.29) is 60.8 Å². The highest BCUT2D eigenvalue weighted by Crippen LogP contribution is 2.46. The van der Waals surface area contributed by atoms with Gasteiger partial charge in [-0.2, -0.15) is 0 Å². The summed E-state index contributed by atoms with van der Waals surface area (Å²) in [7, 11) is 3.43. The van der Waals surface area contributed by atoms with Crippen LogP contribution in [-0.2, 0) is 41.6 Å². The van der Waals surface area contributed by atoms with Gasteiger partial charge in [0.25, 0.3) is 5.91 Å². The minimum atomic E-state index is -0.811. The number of fused-ring (bicyclic) bond motifs is 5. The van der Waals surface area contributed by atoms with E-state index < -0.39 is 23.5 Å². The second kappa shape index (κ2) is 16.0. The molecule has 3 aliphatic heterocycles. The van der Waals surface area contributed by atoms with Crippen LogP contribution in [0.5, 0.6) is 0 Å². The van der Waals surface area contributed by atoms with E-state index in [9.17, 15) is 14.4 Å². The summed E-state index contributed by atoms with van der Waals surface area (Å²) in [4.78, 5) is 51.3. The number of carbonyl (C=O) groups is 3. The van der Waals surface area contributed by atoms with Crippen LogP contribution in [0, 0.1) is 23.2 Å². The first-order valence-corrected chi connectivity index (χ1v) is 20.7. The predicted octanol–water partition coefficient (Wildman–Crippen LogP) is 6.03. The summed E-state index contributed by atoms with van der Waals surface area (Å²) < 4.78 is 20.1. The molecule has 8 atom stereocenters. The molecule has 2 aromatic heterocycles. The summed E-state index contributed by atoms with van der Waals surface area (Å²) >= 11 is 1.64. The molecule has 296 valence electrons. The first-order valence-electron chi connectivity index (χ1n) is 19.7. The number of hydrogen-bond donors (Lipinski definition) is 2. The quantitative estimate of drug-likeness (QED) is 0.263. The third-order valence-electron chi connectivity index (χ3n) is 12.1. The van der Waals surface area contributed by atoms with Crippen molar-refractivity contribution in [2.24, 2.45) is 28.2 Å². The Morgan fingerprint density at radius 2 is 1.93 bits per heavy atom. The number of rotatable bonds is 8. The lowest BCUT2D eigenvalue weighted by atomic mass is 9.84. The molecule has 2 N–H and O–H groups in total. The molecule has 13 heteroatoms. The molecular formula is C42H56N6O6S. The van der Waals surface area contributed by atoms with Gasteiger partial charge in [-0.25, -0.2) is 5.43 Å². The first kappa shape index (κ1) is 39.5. The third kappa shape index (κ3) is 8.08. The Labute approximate surface area is 328 Å². The van der Waals surface area contributed by atoms with E-state index in [4.69, 9.17) is 24.2 Å². The van der Waals surface area contributed by atoms with Crippen LogP contribution in [0.15, 0.2) is 41.5 Å². The van der Waals surface area contributed by atoms with Crippen LogP contribution >= 0.6 is 11.8 Å². The average molecular weight is 773 g/mol. The van der Waals surface area contributed by atoms with Gasteiger partial charge >= 0.3 is 5.97 Å². The van der Waals surface area contributed by atoms with E-state index in [1.807, 2.05) is 13.0 Å². The maximum Gasteiger partial charge on any atom is 0.324 e. The van der Waals surface area contributed by atoms with Gasteiger partial charge in [0.05, 0.1) is 41.3 Å². The van der Waals surface area contributed by atoms with Crippen LogP contribution in [0.2, 0.25) is 0 Å². The summed E-state index contributed by atoms with van der Waals surface area (Å²) in [5.74, 6) is 0.401. The van der Waals surface area contributed by atoms with Crippen molar-refractivity contribution in [3.63, 3.8) is 0 Å². The Balaban J connectivity index is 1.36. The van der Waals surface area contributed by atoms with Crippen molar-refractivity contribution >= 4 is 45.5 Å². The van der Waals surface area contributed by atoms with Crippen LogP contribution in [0.3, 0.4) is 0 Å². The summed E-state index contributed by atoms with van der Waals surface area (Å²) in [5, 5.41) is 6.53. The molecule has 6 bridgehead atoms. The van der Waals surface area contributed by atoms with Gasteiger partial charge in [-0.05, 0) is 80.3 Å². The predicted molar refractivity (Wildman–Crippen MR) is 214 cm³/mol.